The van der Waals surface area contributed by atoms with E-state index in [4.69, 9.17) is 25.9 Å². The molecule has 38 heavy (non-hydrogen) atoms. The number of nitrogens with zero attached hydrogens (tertiary/aromatic N) is 3. The SMILES string of the molecule is O=C(Nc1ccc(Cl)cn1)c1cc(N2CCC[C@H](F)C2)nc2c1CCOCC2.O=S(=O)(O)c1ccccc1. The van der Waals surface area contributed by atoms with Gasteiger partial charge in [-0.15, -0.1) is 0 Å². The molecule has 5 rings (SSSR count). The standard InChI is InChI=1S/C20H22ClFN4O2.C6H6O3S/c21-13-3-4-18(23-11-13)25-20(27)16-10-19(26-7-1-2-14(22)12-26)24-17-6-9-28-8-5-15(16)17;7-10(8,9)6-4-2-1-3-5-6/h3-4,10-11,14H,1-2,5-9,12H2,(H,23,25,27);1-5H,(H,7,8,9)/t14-;/m0./s1. The monoisotopic (exact) mass is 562 g/mol. The van der Waals surface area contributed by atoms with Crippen LogP contribution in [0.1, 0.15) is 34.5 Å². The van der Waals surface area contributed by atoms with Gasteiger partial charge < -0.3 is 15.0 Å². The minimum Gasteiger partial charge on any atom is -0.381 e. The molecule has 0 radical (unpaired) electrons. The molecule has 1 fully saturated rings. The Hall–Kier alpha value is -3.12. The van der Waals surface area contributed by atoms with E-state index in [1.54, 1.807) is 36.4 Å². The molecule has 0 bridgehead atoms. The summed E-state index contributed by atoms with van der Waals surface area (Å²) in [5.74, 6) is 0.816. The van der Waals surface area contributed by atoms with Crippen molar-refractivity contribution < 1.29 is 26.9 Å². The number of rotatable bonds is 4. The van der Waals surface area contributed by atoms with Crippen molar-refractivity contribution in [3.05, 3.63) is 76.6 Å². The summed E-state index contributed by atoms with van der Waals surface area (Å²) >= 11 is 5.86. The lowest BCUT2D eigenvalue weighted by Gasteiger charge is -2.31. The van der Waals surface area contributed by atoms with Gasteiger partial charge in [0.25, 0.3) is 16.0 Å². The molecule has 0 spiro atoms. The molecule has 1 atom stereocenters. The molecule has 202 valence electrons. The number of carbonyl (C=O) groups is 1. The number of amides is 1. The molecule has 2 aliphatic rings. The van der Waals surface area contributed by atoms with Crippen LogP contribution >= 0.6 is 11.6 Å². The van der Waals surface area contributed by atoms with Crippen LogP contribution in [0.3, 0.4) is 0 Å². The predicted octanol–water partition coefficient (Wildman–Crippen LogP) is 4.37. The van der Waals surface area contributed by atoms with Crippen molar-refractivity contribution in [1.82, 2.24) is 9.97 Å². The predicted molar refractivity (Wildman–Crippen MR) is 142 cm³/mol. The summed E-state index contributed by atoms with van der Waals surface area (Å²) in [5, 5.41) is 3.33. The quantitative estimate of drug-likeness (QED) is 0.450. The van der Waals surface area contributed by atoms with Crippen LogP contribution in [0.2, 0.25) is 5.02 Å². The van der Waals surface area contributed by atoms with E-state index >= 15 is 0 Å². The second-order valence-corrected chi connectivity index (χ2v) is 10.7. The second-order valence-electron chi connectivity index (χ2n) is 8.86. The minimum absolute atomic E-state index is 0.0741. The summed E-state index contributed by atoms with van der Waals surface area (Å²) in [4.78, 5) is 23.8. The highest BCUT2D eigenvalue weighted by molar-refractivity contribution is 7.85. The third kappa shape index (κ3) is 7.47. The van der Waals surface area contributed by atoms with Crippen LogP contribution in [0.5, 0.6) is 0 Å². The zero-order chi connectivity index (χ0) is 27.1. The molecule has 1 aromatic carbocycles. The maximum absolute atomic E-state index is 13.9. The molecule has 9 nitrogen and oxygen atoms in total. The van der Waals surface area contributed by atoms with E-state index in [2.05, 4.69) is 10.3 Å². The highest BCUT2D eigenvalue weighted by atomic mass is 35.5. The first-order chi connectivity index (χ1) is 18.2. The van der Waals surface area contributed by atoms with Gasteiger partial charge in [-0.2, -0.15) is 8.42 Å². The van der Waals surface area contributed by atoms with Crippen molar-refractivity contribution in [3.8, 4) is 0 Å². The van der Waals surface area contributed by atoms with Gasteiger partial charge in [-0.05, 0) is 55.2 Å². The van der Waals surface area contributed by atoms with Gasteiger partial charge in [-0.3, -0.25) is 9.35 Å². The number of carbonyl (C=O) groups excluding carboxylic acids is 1. The van der Waals surface area contributed by atoms with Crippen LogP contribution in [0.15, 0.2) is 59.6 Å². The zero-order valence-corrected chi connectivity index (χ0v) is 22.1. The number of nitrogens with one attached hydrogen (secondary N) is 1. The molecule has 3 aromatic rings. The Morgan fingerprint density at radius 2 is 1.92 bits per heavy atom. The lowest BCUT2D eigenvalue weighted by atomic mass is 10.0. The number of pyridine rings is 2. The van der Waals surface area contributed by atoms with Gasteiger partial charge in [0, 0.05) is 30.4 Å². The number of fused-ring (bicyclic) bond motifs is 1. The van der Waals surface area contributed by atoms with Crippen LogP contribution < -0.4 is 10.2 Å². The number of alkyl halides is 1. The average Bonchev–Trinajstić information content (AvgIpc) is 3.15. The number of anilines is 2. The topological polar surface area (TPSA) is 122 Å². The Balaban J connectivity index is 0.000000283. The number of benzene rings is 1. The van der Waals surface area contributed by atoms with Crippen LogP contribution in [0, 0.1) is 0 Å². The summed E-state index contributed by atoms with van der Waals surface area (Å²) in [5.41, 5.74) is 2.29. The van der Waals surface area contributed by atoms with Crippen LogP contribution in [-0.2, 0) is 27.7 Å². The van der Waals surface area contributed by atoms with E-state index in [9.17, 15) is 17.6 Å². The first-order valence-corrected chi connectivity index (χ1v) is 14.0. The Morgan fingerprint density at radius 1 is 1.16 bits per heavy atom. The molecule has 4 heterocycles. The lowest BCUT2D eigenvalue weighted by Crippen LogP contribution is -2.37. The first kappa shape index (κ1) is 27.9. The van der Waals surface area contributed by atoms with Gasteiger partial charge in [0.2, 0.25) is 0 Å². The maximum atomic E-state index is 13.9. The van der Waals surface area contributed by atoms with Crippen LogP contribution in [0.25, 0.3) is 0 Å². The van der Waals surface area contributed by atoms with Crippen molar-refractivity contribution in [2.45, 2.75) is 36.8 Å². The largest absolute Gasteiger partial charge is 0.381 e. The Bertz CT molecular complexity index is 1360. The molecule has 12 heteroatoms. The number of aromatic nitrogens is 2. The van der Waals surface area contributed by atoms with Gasteiger partial charge >= 0.3 is 0 Å². The summed E-state index contributed by atoms with van der Waals surface area (Å²) in [7, 11) is -4.00. The van der Waals surface area contributed by atoms with Crippen LogP contribution in [-0.4, -0.2) is 61.3 Å². The molecular weight excluding hydrogens is 535 g/mol. The van der Waals surface area contributed by atoms with E-state index < -0.39 is 16.3 Å². The summed E-state index contributed by atoms with van der Waals surface area (Å²) in [6.45, 7) is 2.16. The van der Waals surface area contributed by atoms with Gasteiger partial charge in [-0.1, -0.05) is 29.8 Å². The van der Waals surface area contributed by atoms with Crippen LogP contribution in [0.4, 0.5) is 16.0 Å². The molecule has 2 aliphatic heterocycles. The van der Waals surface area contributed by atoms with Gasteiger partial charge in [0.05, 0.1) is 29.7 Å². The van der Waals surface area contributed by atoms with Gasteiger partial charge in [0.15, 0.2) is 0 Å². The van der Waals surface area contributed by atoms with E-state index in [0.717, 1.165) is 24.2 Å². The van der Waals surface area contributed by atoms with E-state index in [-0.39, 0.29) is 10.8 Å². The third-order valence-corrected chi connectivity index (χ3v) is 7.21. The first-order valence-electron chi connectivity index (χ1n) is 12.2. The summed E-state index contributed by atoms with van der Waals surface area (Å²) < 4.78 is 48.7. The molecular formula is C26H28ClFN4O5S. The van der Waals surface area contributed by atoms with Crippen molar-refractivity contribution in [3.63, 3.8) is 0 Å². The number of halogens is 2. The van der Waals surface area contributed by atoms with E-state index in [1.807, 2.05) is 4.90 Å². The Labute approximate surface area is 225 Å². The second kappa shape index (κ2) is 12.6. The van der Waals surface area contributed by atoms with E-state index in [1.165, 1.54) is 18.3 Å². The smallest absolute Gasteiger partial charge is 0.294 e. The Kier molecular flexibility index (Phi) is 9.26. The molecule has 0 unspecified atom stereocenters. The zero-order valence-electron chi connectivity index (χ0n) is 20.5. The Morgan fingerprint density at radius 3 is 2.58 bits per heavy atom. The fraction of sp³-hybridized carbons (Fsp3) is 0.346. The third-order valence-electron chi connectivity index (χ3n) is 6.12. The molecule has 2 N–H and O–H groups in total. The molecule has 0 aliphatic carbocycles. The molecule has 1 amide bonds. The number of piperidine rings is 1. The van der Waals surface area contributed by atoms with E-state index in [0.29, 0.717) is 61.2 Å². The average molecular weight is 563 g/mol. The number of hydrogen-bond donors (Lipinski definition) is 2. The molecule has 2 aromatic heterocycles. The summed E-state index contributed by atoms with van der Waals surface area (Å²) in [6, 6.07) is 12.5. The fourth-order valence-electron chi connectivity index (χ4n) is 4.26. The van der Waals surface area contributed by atoms with Crippen molar-refractivity contribution in [2.24, 2.45) is 0 Å². The van der Waals surface area contributed by atoms with Crippen molar-refractivity contribution in [2.75, 3.05) is 36.5 Å². The van der Waals surface area contributed by atoms with Gasteiger partial charge in [0.1, 0.15) is 17.8 Å². The fourth-order valence-corrected chi connectivity index (χ4v) is 4.88. The molecule has 1 saturated heterocycles. The minimum atomic E-state index is -4.00. The van der Waals surface area contributed by atoms with Crippen molar-refractivity contribution >= 4 is 39.3 Å². The lowest BCUT2D eigenvalue weighted by molar-refractivity contribution is 0.102. The van der Waals surface area contributed by atoms with Gasteiger partial charge in [-0.25, -0.2) is 14.4 Å². The number of ether oxygens (including phenoxy) is 1. The highest BCUT2D eigenvalue weighted by Crippen LogP contribution is 2.27. The molecule has 0 saturated carbocycles. The normalized spacial score (nSPS) is 17.4. The summed E-state index contributed by atoms with van der Waals surface area (Å²) in [6.07, 6.45) is 3.22. The maximum Gasteiger partial charge on any atom is 0.294 e. The number of hydrogen-bond acceptors (Lipinski definition) is 7. The van der Waals surface area contributed by atoms with Crippen molar-refractivity contribution in [1.29, 1.82) is 0 Å². The highest BCUT2D eigenvalue weighted by Gasteiger charge is 2.25.